The highest BCUT2D eigenvalue weighted by molar-refractivity contribution is 5.31. The van der Waals surface area contributed by atoms with E-state index in [4.69, 9.17) is 0 Å². The quantitative estimate of drug-likeness (QED) is 0.691. The first-order valence-corrected chi connectivity index (χ1v) is 6.24. The van der Waals surface area contributed by atoms with Gasteiger partial charge >= 0.3 is 0 Å². The molecule has 0 bridgehead atoms. The lowest BCUT2D eigenvalue weighted by atomic mass is 10.1. The monoisotopic (exact) mass is 221 g/mol. The first-order chi connectivity index (χ1) is 7.74. The van der Waals surface area contributed by atoms with E-state index >= 15 is 0 Å². The molecule has 90 valence electrons. The summed E-state index contributed by atoms with van der Waals surface area (Å²) in [7, 11) is 0. The first kappa shape index (κ1) is 13.0. The molecule has 0 heterocycles. The van der Waals surface area contributed by atoms with Crippen LogP contribution in [0, 0.1) is 0 Å². The lowest BCUT2D eigenvalue weighted by Gasteiger charge is -2.14. The fourth-order valence-electron chi connectivity index (χ4n) is 1.75. The largest absolute Gasteiger partial charge is 0.508 e. The highest BCUT2D eigenvalue weighted by atomic mass is 16.3. The maximum atomic E-state index is 9.60. The Morgan fingerprint density at radius 3 is 2.69 bits per heavy atom. The number of aromatic hydroxyl groups is 1. The van der Waals surface area contributed by atoms with Crippen LogP contribution in [0.1, 0.15) is 45.1 Å². The van der Waals surface area contributed by atoms with Gasteiger partial charge in [0.05, 0.1) is 0 Å². The van der Waals surface area contributed by atoms with E-state index in [2.05, 4.69) is 19.2 Å². The summed E-state index contributed by atoms with van der Waals surface area (Å²) in [5, 5.41) is 13.0. The van der Waals surface area contributed by atoms with E-state index in [-0.39, 0.29) is 0 Å². The lowest BCUT2D eigenvalue weighted by molar-refractivity contribution is 0.450. The Bertz CT molecular complexity index is 299. The van der Waals surface area contributed by atoms with Gasteiger partial charge in [-0.15, -0.1) is 0 Å². The lowest BCUT2D eigenvalue weighted by Crippen LogP contribution is -2.25. The number of rotatable bonds is 7. The highest BCUT2D eigenvalue weighted by Gasteiger charge is 2.03. The Labute approximate surface area is 98.7 Å². The number of phenols is 1. The third-order valence-electron chi connectivity index (χ3n) is 2.87. The van der Waals surface area contributed by atoms with Crippen molar-refractivity contribution in [3.63, 3.8) is 0 Å². The minimum atomic E-state index is 0.385. The zero-order chi connectivity index (χ0) is 11.8. The first-order valence-electron chi connectivity index (χ1n) is 6.24. The van der Waals surface area contributed by atoms with E-state index in [0.29, 0.717) is 11.8 Å². The summed E-state index contributed by atoms with van der Waals surface area (Å²) in [6.07, 6.45) is 5.07. The van der Waals surface area contributed by atoms with Crippen molar-refractivity contribution in [3.8, 4) is 5.75 Å². The Balaban J connectivity index is 2.26. The fraction of sp³-hybridized carbons (Fsp3) is 0.571. The van der Waals surface area contributed by atoms with Crippen LogP contribution in [0.4, 0.5) is 0 Å². The SMILES string of the molecule is CCCCCC(C)NCc1ccccc1O. The maximum Gasteiger partial charge on any atom is 0.120 e. The maximum absolute atomic E-state index is 9.60. The molecule has 0 saturated carbocycles. The number of benzene rings is 1. The predicted octanol–water partition coefficient (Wildman–Crippen LogP) is 3.45. The van der Waals surface area contributed by atoms with Crippen molar-refractivity contribution in [2.24, 2.45) is 0 Å². The number of para-hydroxylation sites is 1. The number of phenolic OH excluding ortho intramolecular Hbond substituents is 1. The summed E-state index contributed by atoms with van der Waals surface area (Å²) in [6.45, 7) is 5.18. The van der Waals surface area contributed by atoms with Crippen molar-refractivity contribution < 1.29 is 5.11 Å². The summed E-state index contributed by atoms with van der Waals surface area (Å²) >= 11 is 0. The molecule has 0 saturated heterocycles. The van der Waals surface area contributed by atoms with Crippen molar-refractivity contribution >= 4 is 0 Å². The van der Waals surface area contributed by atoms with Crippen molar-refractivity contribution in [2.75, 3.05) is 0 Å². The van der Waals surface area contributed by atoms with Gasteiger partial charge in [0.25, 0.3) is 0 Å². The van der Waals surface area contributed by atoms with E-state index < -0.39 is 0 Å². The molecule has 0 aliphatic rings. The minimum Gasteiger partial charge on any atom is -0.508 e. The van der Waals surface area contributed by atoms with Crippen molar-refractivity contribution in [3.05, 3.63) is 29.8 Å². The molecule has 0 amide bonds. The molecule has 1 unspecified atom stereocenters. The molecule has 1 atom stereocenters. The Kier molecular flexibility index (Phi) is 5.94. The average Bonchev–Trinajstić information content (AvgIpc) is 2.28. The van der Waals surface area contributed by atoms with Gasteiger partial charge in [0, 0.05) is 18.2 Å². The number of nitrogens with one attached hydrogen (secondary N) is 1. The van der Waals surface area contributed by atoms with Gasteiger partial charge in [-0.05, 0) is 19.4 Å². The Hall–Kier alpha value is -1.02. The van der Waals surface area contributed by atoms with Crippen LogP contribution in [-0.4, -0.2) is 11.1 Å². The van der Waals surface area contributed by atoms with Gasteiger partial charge in [-0.3, -0.25) is 0 Å². The second kappa shape index (κ2) is 7.29. The number of unbranched alkanes of at least 4 members (excludes halogenated alkanes) is 2. The Morgan fingerprint density at radius 2 is 2.00 bits per heavy atom. The summed E-state index contributed by atoms with van der Waals surface area (Å²) in [5.74, 6) is 0.385. The van der Waals surface area contributed by atoms with Crippen LogP contribution < -0.4 is 5.32 Å². The van der Waals surface area contributed by atoms with Gasteiger partial charge in [-0.25, -0.2) is 0 Å². The molecule has 2 nitrogen and oxygen atoms in total. The van der Waals surface area contributed by atoms with Gasteiger partial charge < -0.3 is 10.4 Å². The average molecular weight is 221 g/mol. The molecule has 16 heavy (non-hydrogen) atoms. The van der Waals surface area contributed by atoms with Crippen molar-refractivity contribution in [2.45, 2.75) is 52.1 Å². The van der Waals surface area contributed by atoms with Gasteiger partial charge in [-0.1, -0.05) is 44.4 Å². The standard InChI is InChI=1S/C14H23NO/c1-3-4-5-8-12(2)15-11-13-9-6-7-10-14(13)16/h6-7,9-10,12,15-16H,3-5,8,11H2,1-2H3. The fourth-order valence-corrected chi connectivity index (χ4v) is 1.75. The van der Waals surface area contributed by atoms with E-state index in [0.717, 1.165) is 12.1 Å². The molecule has 1 aromatic carbocycles. The number of hydrogen-bond acceptors (Lipinski definition) is 2. The van der Waals surface area contributed by atoms with Crippen LogP contribution in [0.5, 0.6) is 5.75 Å². The molecular formula is C14H23NO. The summed E-state index contributed by atoms with van der Waals surface area (Å²) < 4.78 is 0. The van der Waals surface area contributed by atoms with Gasteiger partial charge in [0.2, 0.25) is 0 Å². The third kappa shape index (κ3) is 4.67. The zero-order valence-corrected chi connectivity index (χ0v) is 10.4. The molecule has 0 aliphatic heterocycles. The molecule has 0 aromatic heterocycles. The molecule has 2 heteroatoms. The van der Waals surface area contributed by atoms with E-state index in [1.54, 1.807) is 6.07 Å². The summed E-state index contributed by atoms with van der Waals surface area (Å²) in [6, 6.07) is 8.02. The van der Waals surface area contributed by atoms with E-state index in [9.17, 15) is 5.11 Å². The molecule has 0 radical (unpaired) electrons. The van der Waals surface area contributed by atoms with Gasteiger partial charge in [-0.2, -0.15) is 0 Å². The molecule has 0 aliphatic carbocycles. The molecule has 2 N–H and O–H groups in total. The highest BCUT2D eigenvalue weighted by Crippen LogP contribution is 2.15. The van der Waals surface area contributed by atoms with E-state index in [1.165, 1.54) is 25.7 Å². The van der Waals surface area contributed by atoms with Crippen molar-refractivity contribution in [1.29, 1.82) is 0 Å². The predicted molar refractivity (Wildman–Crippen MR) is 68.6 cm³/mol. The molecule has 1 aromatic rings. The van der Waals surface area contributed by atoms with Crippen LogP contribution >= 0.6 is 0 Å². The Morgan fingerprint density at radius 1 is 1.25 bits per heavy atom. The number of hydrogen-bond donors (Lipinski definition) is 2. The van der Waals surface area contributed by atoms with Gasteiger partial charge in [0.1, 0.15) is 5.75 Å². The summed E-state index contributed by atoms with van der Waals surface area (Å²) in [4.78, 5) is 0. The van der Waals surface area contributed by atoms with Crippen molar-refractivity contribution in [1.82, 2.24) is 5.32 Å². The van der Waals surface area contributed by atoms with Gasteiger partial charge in [0.15, 0.2) is 0 Å². The smallest absolute Gasteiger partial charge is 0.120 e. The molecule has 0 spiro atoms. The molecular weight excluding hydrogens is 198 g/mol. The molecule has 1 rings (SSSR count). The second-order valence-electron chi connectivity index (χ2n) is 4.41. The van der Waals surface area contributed by atoms with Crippen LogP contribution in [0.2, 0.25) is 0 Å². The minimum absolute atomic E-state index is 0.385. The van der Waals surface area contributed by atoms with Crippen LogP contribution in [-0.2, 0) is 6.54 Å². The summed E-state index contributed by atoms with van der Waals surface area (Å²) in [5.41, 5.74) is 0.977. The van der Waals surface area contributed by atoms with E-state index in [1.807, 2.05) is 18.2 Å². The van der Waals surface area contributed by atoms with Crippen LogP contribution in [0.3, 0.4) is 0 Å². The normalized spacial score (nSPS) is 12.6. The van der Waals surface area contributed by atoms with Crippen LogP contribution in [0.25, 0.3) is 0 Å². The molecule has 0 fully saturated rings. The second-order valence-corrected chi connectivity index (χ2v) is 4.41. The van der Waals surface area contributed by atoms with Crippen LogP contribution in [0.15, 0.2) is 24.3 Å². The topological polar surface area (TPSA) is 32.3 Å². The zero-order valence-electron chi connectivity index (χ0n) is 10.4. The third-order valence-corrected chi connectivity index (χ3v) is 2.87.